The molecule has 0 saturated carbocycles. The van der Waals surface area contributed by atoms with Crippen LogP contribution in [0.2, 0.25) is 0 Å². The van der Waals surface area contributed by atoms with Gasteiger partial charge >= 0.3 is 5.97 Å². The van der Waals surface area contributed by atoms with E-state index in [0.717, 1.165) is 12.8 Å². The Morgan fingerprint density at radius 2 is 2.00 bits per heavy atom. The molecule has 0 aromatic heterocycles. The quantitative estimate of drug-likeness (QED) is 0.667. The van der Waals surface area contributed by atoms with Crippen LogP contribution in [0, 0.1) is 10.1 Å². The first-order chi connectivity index (χ1) is 9.54. The molecule has 2 bridgehead atoms. The van der Waals surface area contributed by atoms with Crippen LogP contribution in [-0.4, -0.2) is 41.3 Å². The molecule has 2 fully saturated rings. The van der Waals surface area contributed by atoms with Crippen LogP contribution in [0.4, 0.5) is 11.4 Å². The molecule has 0 radical (unpaired) electrons. The summed E-state index contributed by atoms with van der Waals surface area (Å²) in [5.74, 6) is -1.29. The van der Waals surface area contributed by atoms with E-state index in [-0.39, 0.29) is 23.5 Å². The summed E-state index contributed by atoms with van der Waals surface area (Å²) in [5, 5.41) is 20.0. The zero-order valence-electron chi connectivity index (χ0n) is 10.7. The molecule has 2 heterocycles. The van der Waals surface area contributed by atoms with Crippen LogP contribution in [0.3, 0.4) is 0 Å². The lowest BCUT2D eigenvalue weighted by Crippen LogP contribution is -2.42. The number of anilines is 1. The Morgan fingerprint density at radius 3 is 2.55 bits per heavy atom. The SMILES string of the molecule is O=C(O)c1ccc(N2CC3CCC(C2)O3)cc1[N+](=O)[O-]. The maximum absolute atomic E-state index is 11.0. The Bertz CT molecular complexity index is 562. The van der Waals surface area contributed by atoms with Crippen molar-refractivity contribution < 1.29 is 19.6 Å². The van der Waals surface area contributed by atoms with E-state index >= 15 is 0 Å². The van der Waals surface area contributed by atoms with Crippen molar-refractivity contribution in [1.29, 1.82) is 0 Å². The summed E-state index contributed by atoms with van der Waals surface area (Å²) >= 11 is 0. The van der Waals surface area contributed by atoms with Gasteiger partial charge in [-0.05, 0) is 25.0 Å². The van der Waals surface area contributed by atoms with Gasteiger partial charge in [0.1, 0.15) is 5.56 Å². The molecule has 1 aromatic carbocycles. The number of benzene rings is 1. The molecule has 7 nitrogen and oxygen atoms in total. The number of nitrogens with zero attached hydrogens (tertiary/aromatic N) is 2. The van der Waals surface area contributed by atoms with Crippen molar-refractivity contribution in [2.45, 2.75) is 25.0 Å². The normalized spacial score (nSPS) is 24.7. The predicted molar refractivity (Wildman–Crippen MR) is 70.2 cm³/mol. The van der Waals surface area contributed by atoms with E-state index < -0.39 is 10.9 Å². The van der Waals surface area contributed by atoms with E-state index in [2.05, 4.69) is 0 Å². The lowest BCUT2D eigenvalue weighted by Gasteiger charge is -2.33. The number of nitro groups is 1. The molecule has 0 aliphatic carbocycles. The Morgan fingerprint density at radius 1 is 1.35 bits per heavy atom. The minimum Gasteiger partial charge on any atom is -0.477 e. The predicted octanol–water partition coefficient (Wildman–Crippen LogP) is 1.66. The van der Waals surface area contributed by atoms with Crippen LogP contribution >= 0.6 is 0 Å². The second kappa shape index (κ2) is 4.75. The number of carbonyl (C=O) groups is 1. The zero-order valence-corrected chi connectivity index (χ0v) is 10.7. The Balaban J connectivity index is 1.92. The minimum atomic E-state index is -1.29. The number of carboxylic acids is 1. The van der Waals surface area contributed by atoms with E-state index in [1.54, 1.807) is 6.07 Å². The molecule has 1 N–H and O–H groups in total. The molecule has 0 spiro atoms. The summed E-state index contributed by atoms with van der Waals surface area (Å²) in [6.07, 6.45) is 2.37. The second-order valence-corrected chi connectivity index (χ2v) is 5.13. The van der Waals surface area contributed by atoms with Gasteiger partial charge in [0.05, 0.1) is 17.1 Å². The molecular weight excluding hydrogens is 264 g/mol. The number of hydrogen-bond donors (Lipinski definition) is 1. The highest BCUT2D eigenvalue weighted by Gasteiger charge is 2.34. The van der Waals surface area contributed by atoms with E-state index in [1.807, 2.05) is 4.90 Å². The van der Waals surface area contributed by atoms with Gasteiger partial charge in [0, 0.05) is 24.8 Å². The van der Waals surface area contributed by atoms with Gasteiger partial charge in [-0.2, -0.15) is 0 Å². The number of carboxylic acid groups (broad SMARTS) is 1. The smallest absolute Gasteiger partial charge is 0.342 e. The molecule has 2 saturated heterocycles. The average Bonchev–Trinajstić information content (AvgIpc) is 2.76. The molecule has 20 heavy (non-hydrogen) atoms. The monoisotopic (exact) mass is 278 g/mol. The fraction of sp³-hybridized carbons (Fsp3) is 0.462. The minimum absolute atomic E-state index is 0.173. The molecule has 1 aromatic rings. The van der Waals surface area contributed by atoms with Crippen molar-refractivity contribution in [2.24, 2.45) is 0 Å². The number of aromatic carboxylic acids is 1. The van der Waals surface area contributed by atoms with Gasteiger partial charge < -0.3 is 14.7 Å². The molecule has 0 amide bonds. The highest BCUT2D eigenvalue weighted by molar-refractivity contribution is 5.93. The van der Waals surface area contributed by atoms with Crippen molar-refractivity contribution in [3.05, 3.63) is 33.9 Å². The third kappa shape index (κ3) is 2.20. The third-order valence-electron chi connectivity index (χ3n) is 3.82. The molecule has 7 heteroatoms. The van der Waals surface area contributed by atoms with Crippen LogP contribution in [-0.2, 0) is 4.74 Å². The Labute approximate surface area is 114 Å². The number of fused-ring (bicyclic) bond motifs is 2. The fourth-order valence-corrected chi connectivity index (χ4v) is 2.87. The van der Waals surface area contributed by atoms with E-state index in [1.165, 1.54) is 12.1 Å². The molecule has 2 unspecified atom stereocenters. The van der Waals surface area contributed by atoms with Gasteiger partial charge in [0.2, 0.25) is 0 Å². The van der Waals surface area contributed by atoms with E-state index in [0.29, 0.717) is 18.8 Å². The van der Waals surface area contributed by atoms with Crippen LogP contribution in [0.1, 0.15) is 23.2 Å². The summed E-state index contributed by atoms with van der Waals surface area (Å²) < 4.78 is 5.72. The highest BCUT2D eigenvalue weighted by Crippen LogP contribution is 2.32. The van der Waals surface area contributed by atoms with Crippen LogP contribution in [0.15, 0.2) is 18.2 Å². The van der Waals surface area contributed by atoms with Gasteiger partial charge in [0.15, 0.2) is 0 Å². The van der Waals surface area contributed by atoms with E-state index in [4.69, 9.17) is 9.84 Å². The van der Waals surface area contributed by atoms with Crippen molar-refractivity contribution in [3.8, 4) is 0 Å². The Hall–Kier alpha value is -2.15. The first kappa shape index (κ1) is 12.9. The maximum atomic E-state index is 11.0. The second-order valence-electron chi connectivity index (χ2n) is 5.13. The lowest BCUT2D eigenvalue weighted by atomic mass is 10.1. The number of hydrogen-bond acceptors (Lipinski definition) is 5. The van der Waals surface area contributed by atoms with Crippen LogP contribution in [0.5, 0.6) is 0 Å². The summed E-state index contributed by atoms with van der Waals surface area (Å²) in [5.41, 5.74) is 0.0331. The molecule has 3 rings (SSSR count). The van der Waals surface area contributed by atoms with Crippen molar-refractivity contribution in [3.63, 3.8) is 0 Å². The van der Waals surface area contributed by atoms with Crippen LogP contribution < -0.4 is 4.90 Å². The van der Waals surface area contributed by atoms with E-state index in [9.17, 15) is 14.9 Å². The van der Waals surface area contributed by atoms with Gasteiger partial charge in [-0.25, -0.2) is 4.79 Å². The molecule has 2 atom stereocenters. The average molecular weight is 278 g/mol. The fourth-order valence-electron chi connectivity index (χ4n) is 2.87. The molecule has 2 aliphatic heterocycles. The summed E-state index contributed by atoms with van der Waals surface area (Å²) in [7, 11) is 0. The first-order valence-electron chi connectivity index (χ1n) is 6.46. The van der Waals surface area contributed by atoms with Crippen LogP contribution in [0.25, 0.3) is 0 Å². The summed E-state index contributed by atoms with van der Waals surface area (Å²) in [4.78, 5) is 23.4. The number of rotatable bonds is 3. The zero-order chi connectivity index (χ0) is 14.3. The molecule has 106 valence electrons. The van der Waals surface area contributed by atoms with Crippen molar-refractivity contribution in [1.82, 2.24) is 0 Å². The molecule has 2 aliphatic rings. The van der Waals surface area contributed by atoms with Crippen molar-refractivity contribution >= 4 is 17.3 Å². The number of nitro benzene ring substituents is 1. The summed E-state index contributed by atoms with van der Waals surface area (Å²) in [6, 6.07) is 4.27. The highest BCUT2D eigenvalue weighted by atomic mass is 16.6. The summed E-state index contributed by atoms with van der Waals surface area (Å²) in [6.45, 7) is 1.39. The maximum Gasteiger partial charge on any atom is 0.342 e. The standard InChI is InChI=1S/C13H14N2O5/c16-13(17)11-4-1-8(5-12(11)15(18)19)14-6-9-2-3-10(7-14)20-9/h1,4-5,9-10H,2-3,6-7H2,(H,16,17). The largest absolute Gasteiger partial charge is 0.477 e. The lowest BCUT2D eigenvalue weighted by molar-refractivity contribution is -0.385. The topological polar surface area (TPSA) is 92.9 Å². The number of ether oxygens (including phenoxy) is 1. The van der Waals surface area contributed by atoms with Crippen molar-refractivity contribution in [2.75, 3.05) is 18.0 Å². The number of morpholine rings is 1. The third-order valence-corrected chi connectivity index (χ3v) is 3.82. The Kier molecular flexibility index (Phi) is 3.06. The van der Waals surface area contributed by atoms with Gasteiger partial charge in [-0.15, -0.1) is 0 Å². The first-order valence-corrected chi connectivity index (χ1v) is 6.46. The van der Waals surface area contributed by atoms with Gasteiger partial charge in [0.25, 0.3) is 5.69 Å². The van der Waals surface area contributed by atoms with Gasteiger partial charge in [-0.1, -0.05) is 0 Å². The van der Waals surface area contributed by atoms with Gasteiger partial charge in [-0.3, -0.25) is 10.1 Å². The molecular formula is C13H14N2O5.